The fraction of sp³-hybridized carbons (Fsp3) is 0.600. The Bertz CT molecular complexity index is 655. The van der Waals surface area contributed by atoms with Gasteiger partial charge in [-0.1, -0.05) is 18.2 Å². The van der Waals surface area contributed by atoms with E-state index >= 15 is 0 Å². The Morgan fingerprint density at radius 3 is 2.88 bits per heavy atom. The molecule has 2 heterocycles. The second-order valence-electron chi connectivity index (χ2n) is 7.48. The highest BCUT2D eigenvalue weighted by molar-refractivity contribution is 5.77. The number of likely N-dealkylation sites (tertiary alicyclic amines) is 2. The molecule has 1 spiro atoms. The maximum absolute atomic E-state index is 12.2. The predicted octanol–water partition coefficient (Wildman–Crippen LogP) is 2.15. The summed E-state index contributed by atoms with van der Waals surface area (Å²) in [6.07, 6.45) is 4.52. The van der Waals surface area contributed by atoms with Crippen molar-refractivity contribution in [2.45, 2.75) is 38.6 Å². The molecular weight excluding hydrogens is 314 g/mol. The molecule has 0 radical (unpaired) electrons. The Hall–Kier alpha value is -1.90. The largest absolute Gasteiger partial charge is 0.396 e. The molecule has 0 aliphatic carbocycles. The molecule has 2 fully saturated rings. The number of piperidine rings is 2. The van der Waals surface area contributed by atoms with Gasteiger partial charge in [0.05, 0.1) is 11.6 Å². The molecule has 1 aromatic rings. The van der Waals surface area contributed by atoms with Crippen LogP contribution in [-0.4, -0.2) is 53.6 Å². The first-order chi connectivity index (χ1) is 12.2. The summed E-state index contributed by atoms with van der Waals surface area (Å²) in [5.41, 5.74) is 2.01. The molecule has 5 heteroatoms. The molecule has 0 bridgehead atoms. The van der Waals surface area contributed by atoms with E-state index < -0.39 is 0 Å². The smallest absolute Gasteiger partial charge is 0.222 e. The molecule has 5 nitrogen and oxygen atoms in total. The highest BCUT2D eigenvalue weighted by atomic mass is 16.3. The van der Waals surface area contributed by atoms with Crippen LogP contribution in [0.4, 0.5) is 0 Å². The molecule has 0 unspecified atom stereocenters. The van der Waals surface area contributed by atoms with Crippen molar-refractivity contribution in [3.8, 4) is 6.07 Å². The van der Waals surface area contributed by atoms with Gasteiger partial charge in [-0.2, -0.15) is 5.26 Å². The zero-order chi connectivity index (χ0) is 17.7. The maximum atomic E-state index is 12.2. The Kier molecular flexibility index (Phi) is 5.72. The number of hydrogen-bond donors (Lipinski definition) is 1. The fourth-order valence-corrected chi connectivity index (χ4v) is 4.35. The molecule has 1 N–H and O–H groups in total. The SMILES string of the molecule is N#Cc1ccccc1CN1CCC[C@]2(CCC(=O)N(CCCO)C2)C1. The lowest BCUT2D eigenvalue weighted by Gasteiger charge is -2.48. The number of amides is 1. The van der Waals surface area contributed by atoms with Crippen molar-refractivity contribution in [1.29, 1.82) is 5.26 Å². The molecule has 0 aromatic heterocycles. The minimum atomic E-state index is 0.133. The molecular formula is C20H27N3O2. The van der Waals surface area contributed by atoms with Crippen LogP contribution < -0.4 is 0 Å². The van der Waals surface area contributed by atoms with Crippen molar-refractivity contribution in [3.05, 3.63) is 35.4 Å². The number of carbonyl (C=O) groups is 1. The van der Waals surface area contributed by atoms with Crippen LogP contribution in [-0.2, 0) is 11.3 Å². The molecule has 2 saturated heterocycles. The van der Waals surface area contributed by atoms with Crippen LogP contribution in [0.15, 0.2) is 24.3 Å². The normalized spacial score (nSPS) is 24.5. The Morgan fingerprint density at radius 2 is 2.08 bits per heavy atom. The lowest BCUT2D eigenvalue weighted by atomic mass is 9.73. The summed E-state index contributed by atoms with van der Waals surface area (Å²) in [4.78, 5) is 16.6. The van der Waals surface area contributed by atoms with Gasteiger partial charge >= 0.3 is 0 Å². The monoisotopic (exact) mass is 341 g/mol. The van der Waals surface area contributed by atoms with Crippen LogP contribution in [0.2, 0.25) is 0 Å². The van der Waals surface area contributed by atoms with Crippen LogP contribution in [0.25, 0.3) is 0 Å². The second kappa shape index (κ2) is 7.99. The summed E-state index contributed by atoms with van der Waals surface area (Å²) in [6.45, 7) is 4.43. The van der Waals surface area contributed by atoms with Crippen LogP contribution in [0, 0.1) is 16.7 Å². The van der Waals surface area contributed by atoms with Crippen molar-refractivity contribution in [2.75, 3.05) is 32.8 Å². The molecule has 0 saturated carbocycles. The molecule has 3 rings (SSSR count). The van der Waals surface area contributed by atoms with E-state index in [1.807, 2.05) is 29.2 Å². The van der Waals surface area contributed by atoms with E-state index in [4.69, 9.17) is 5.11 Å². The van der Waals surface area contributed by atoms with E-state index in [2.05, 4.69) is 11.0 Å². The van der Waals surface area contributed by atoms with Crippen LogP contribution >= 0.6 is 0 Å². The summed E-state index contributed by atoms with van der Waals surface area (Å²) in [5, 5.41) is 18.4. The topological polar surface area (TPSA) is 67.6 Å². The van der Waals surface area contributed by atoms with E-state index in [1.54, 1.807) is 0 Å². The van der Waals surface area contributed by atoms with E-state index in [1.165, 1.54) is 0 Å². The number of nitriles is 1. The molecule has 25 heavy (non-hydrogen) atoms. The maximum Gasteiger partial charge on any atom is 0.222 e. The first kappa shape index (κ1) is 17.9. The van der Waals surface area contributed by atoms with Gasteiger partial charge in [-0.3, -0.25) is 9.69 Å². The zero-order valence-electron chi connectivity index (χ0n) is 14.8. The summed E-state index contributed by atoms with van der Waals surface area (Å²) in [7, 11) is 0. The molecule has 1 atom stereocenters. The van der Waals surface area contributed by atoms with E-state index in [9.17, 15) is 10.1 Å². The Morgan fingerprint density at radius 1 is 1.24 bits per heavy atom. The highest BCUT2D eigenvalue weighted by Crippen LogP contribution is 2.39. The predicted molar refractivity (Wildman–Crippen MR) is 95.6 cm³/mol. The van der Waals surface area contributed by atoms with Gasteiger partial charge in [-0.15, -0.1) is 0 Å². The third-order valence-corrected chi connectivity index (χ3v) is 5.61. The molecule has 2 aliphatic heterocycles. The van der Waals surface area contributed by atoms with Crippen LogP contribution in [0.1, 0.15) is 43.2 Å². The number of aliphatic hydroxyl groups is 1. The van der Waals surface area contributed by atoms with Gasteiger partial charge in [0.2, 0.25) is 5.91 Å². The first-order valence-corrected chi connectivity index (χ1v) is 9.25. The number of nitrogens with zero attached hydrogens (tertiary/aromatic N) is 3. The number of rotatable bonds is 5. The average Bonchev–Trinajstić information content (AvgIpc) is 2.63. The van der Waals surface area contributed by atoms with Crippen molar-refractivity contribution in [3.63, 3.8) is 0 Å². The lowest BCUT2D eigenvalue weighted by Crippen LogP contribution is -2.54. The highest BCUT2D eigenvalue weighted by Gasteiger charge is 2.41. The van der Waals surface area contributed by atoms with Crippen molar-refractivity contribution in [2.24, 2.45) is 5.41 Å². The first-order valence-electron chi connectivity index (χ1n) is 9.25. The number of aliphatic hydroxyl groups excluding tert-OH is 1. The van der Waals surface area contributed by atoms with Crippen LogP contribution in [0.3, 0.4) is 0 Å². The van der Waals surface area contributed by atoms with Gasteiger partial charge < -0.3 is 10.0 Å². The number of carbonyl (C=O) groups excluding carboxylic acids is 1. The Balaban J connectivity index is 1.68. The van der Waals surface area contributed by atoms with Gasteiger partial charge in [0, 0.05) is 44.6 Å². The van der Waals surface area contributed by atoms with Gasteiger partial charge in [-0.25, -0.2) is 0 Å². The molecule has 2 aliphatic rings. The van der Waals surface area contributed by atoms with Crippen molar-refractivity contribution >= 4 is 5.91 Å². The standard InChI is InChI=1S/C20H27N3O2/c21-13-17-5-1-2-6-18(17)14-22-10-3-8-20(15-22)9-7-19(25)23(16-20)11-4-12-24/h1-2,5-6,24H,3-4,7-12,14-16H2/t20-/m0/s1. The summed E-state index contributed by atoms with van der Waals surface area (Å²) >= 11 is 0. The molecule has 134 valence electrons. The van der Waals surface area contributed by atoms with Crippen molar-refractivity contribution in [1.82, 2.24) is 9.80 Å². The lowest BCUT2D eigenvalue weighted by molar-refractivity contribution is -0.139. The minimum absolute atomic E-state index is 0.133. The second-order valence-corrected chi connectivity index (χ2v) is 7.48. The quantitative estimate of drug-likeness (QED) is 0.891. The third kappa shape index (κ3) is 4.20. The summed E-state index contributed by atoms with van der Waals surface area (Å²) < 4.78 is 0. The van der Waals surface area contributed by atoms with Gasteiger partial charge in [0.25, 0.3) is 0 Å². The minimum Gasteiger partial charge on any atom is -0.396 e. The van der Waals surface area contributed by atoms with Gasteiger partial charge in [0.1, 0.15) is 0 Å². The number of hydrogen-bond acceptors (Lipinski definition) is 4. The van der Waals surface area contributed by atoms with E-state index in [-0.39, 0.29) is 17.9 Å². The summed E-state index contributed by atoms with van der Waals surface area (Å²) in [5.74, 6) is 0.228. The fourth-order valence-electron chi connectivity index (χ4n) is 4.35. The third-order valence-electron chi connectivity index (χ3n) is 5.61. The van der Waals surface area contributed by atoms with E-state index in [0.717, 1.165) is 56.6 Å². The van der Waals surface area contributed by atoms with Gasteiger partial charge in [0.15, 0.2) is 0 Å². The van der Waals surface area contributed by atoms with Crippen molar-refractivity contribution < 1.29 is 9.90 Å². The zero-order valence-corrected chi connectivity index (χ0v) is 14.8. The molecule has 1 aromatic carbocycles. The van der Waals surface area contributed by atoms with Gasteiger partial charge in [-0.05, 0) is 43.9 Å². The average molecular weight is 341 g/mol. The van der Waals surface area contributed by atoms with E-state index in [0.29, 0.717) is 19.4 Å². The van der Waals surface area contributed by atoms with Crippen LogP contribution in [0.5, 0.6) is 0 Å². The summed E-state index contributed by atoms with van der Waals surface area (Å²) in [6, 6.07) is 10.1. The Labute approximate surface area is 149 Å². The number of benzene rings is 1. The molecule has 1 amide bonds.